The molecule has 0 heterocycles. The molecule has 10 rings (SSSR count). The van der Waals surface area contributed by atoms with Gasteiger partial charge in [0, 0.05) is 5.56 Å². The summed E-state index contributed by atoms with van der Waals surface area (Å²) >= 11 is 0. The number of hydrogen-bond acceptors (Lipinski definition) is 2. The summed E-state index contributed by atoms with van der Waals surface area (Å²) in [5.41, 5.74) is 18.8. The van der Waals surface area contributed by atoms with Gasteiger partial charge in [-0.3, -0.25) is 0 Å². The number of aliphatic hydroxyl groups is 1. The molecule has 56 heavy (non-hydrogen) atoms. The summed E-state index contributed by atoms with van der Waals surface area (Å²) in [6, 6.07) is 75.8. The molecule has 0 radical (unpaired) electrons. The molecule has 1 aliphatic carbocycles. The molecule has 9 aromatic rings. The molecule has 3 N–H and O–H groups in total. The van der Waals surface area contributed by atoms with Crippen molar-refractivity contribution in [2.45, 2.75) is 11.1 Å². The Morgan fingerprint density at radius 3 is 1.12 bits per heavy atom. The van der Waals surface area contributed by atoms with Crippen molar-refractivity contribution in [3.63, 3.8) is 0 Å². The molecule has 0 saturated carbocycles. The lowest BCUT2D eigenvalue weighted by atomic mass is 9.58. The van der Waals surface area contributed by atoms with Gasteiger partial charge in [0.05, 0.1) is 5.54 Å². The molecule has 0 bridgehead atoms. The van der Waals surface area contributed by atoms with Gasteiger partial charge >= 0.3 is 0 Å². The van der Waals surface area contributed by atoms with E-state index in [1.54, 1.807) is 0 Å². The van der Waals surface area contributed by atoms with Gasteiger partial charge in [0.15, 0.2) is 0 Å². The van der Waals surface area contributed by atoms with Crippen LogP contribution in [0.1, 0.15) is 33.4 Å². The highest BCUT2D eigenvalue weighted by molar-refractivity contribution is 6.10. The second kappa shape index (κ2) is 13.5. The fourth-order valence-corrected chi connectivity index (χ4v) is 9.19. The van der Waals surface area contributed by atoms with E-state index in [1.165, 1.54) is 0 Å². The lowest BCUT2D eigenvalue weighted by Gasteiger charge is -2.49. The fourth-order valence-electron chi connectivity index (χ4n) is 9.19. The van der Waals surface area contributed by atoms with Crippen molar-refractivity contribution >= 4 is 10.8 Å². The molecule has 9 aromatic carbocycles. The first-order chi connectivity index (χ1) is 27.6. The van der Waals surface area contributed by atoms with Crippen LogP contribution in [0.5, 0.6) is 0 Å². The predicted octanol–water partition coefficient (Wildman–Crippen LogP) is 12.4. The average Bonchev–Trinajstić information content (AvgIpc) is 3.28. The van der Waals surface area contributed by atoms with Crippen LogP contribution in [0.15, 0.2) is 218 Å². The summed E-state index contributed by atoms with van der Waals surface area (Å²) in [4.78, 5) is 0. The normalized spacial score (nSPS) is 17.2. The van der Waals surface area contributed by atoms with Crippen LogP contribution < -0.4 is 5.73 Å². The molecule has 0 aliphatic heterocycles. The van der Waals surface area contributed by atoms with Crippen LogP contribution in [0.2, 0.25) is 0 Å². The monoisotopic (exact) mass is 717 g/mol. The second-order valence-corrected chi connectivity index (χ2v) is 14.7. The van der Waals surface area contributed by atoms with E-state index in [0.29, 0.717) is 0 Å². The van der Waals surface area contributed by atoms with Gasteiger partial charge < -0.3 is 10.8 Å². The van der Waals surface area contributed by atoms with E-state index in [0.717, 1.165) is 88.7 Å². The van der Waals surface area contributed by atoms with Crippen LogP contribution in [0, 0.1) is 0 Å². The lowest BCUT2D eigenvalue weighted by molar-refractivity contribution is 0.118. The first-order valence-electron chi connectivity index (χ1n) is 19.2. The summed E-state index contributed by atoms with van der Waals surface area (Å²) in [7, 11) is 0. The standard InChI is InChI=1S/C54H39NO/c55-53(41-29-15-5-16-30-41)47-35-45(37-21-7-1-8-22-37)46(38-23-9-2-10-24-38)36-48(47)54(56,42-31-17-6-18-32-42)52-50(40-27-13-4-14-28-40)44-34-20-19-33-43(44)49(51(52)53)39-25-11-3-12-26-39/h1-36,56H,55H2. The van der Waals surface area contributed by atoms with Crippen LogP contribution in [0.25, 0.3) is 55.3 Å². The Bertz CT molecular complexity index is 2640. The minimum absolute atomic E-state index is 0.757. The number of nitrogens with two attached hydrogens (primary N) is 1. The Kier molecular flexibility index (Phi) is 8.11. The highest BCUT2D eigenvalue weighted by Gasteiger charge is 2.53. The molecule has 0 spiro atoms. The molecule has 1 aliphatic rings. The Hall–Kier alpha value is -6.84. The van der Waals surface area contributed by atoms with E-state index in [1.807, 2.05) is 42.5 Å². The molecule has 0 aromatic heterocycles. The Balaban J connectivity index is 1.50. The van der Waals surface area contributed by atoms with E-state index in [2.05, 4.69) is 176 Å². The molecule has 2 nitrogen and oxygen atoms in total. The largest absolute Gasteiger partial charge is 0.376 e. The maximum absolute atomic E-state index is 14.5. The Morgan fingerprint density at radius 2 is 0.679 bits per heavy atom. The van der Waals surface area contributed by atoms with E-state index in [4.69, 9.17) is 5.73 Å². The number of fused-ring (bicyclic) bond motifs is 3. The van der Waals surface area contributed by atoms with Crippen molar-refractivity contribution < 1.29 is 5.11 Å². The molecule has 266 valence electrons. The van der Waals surface area contributed by atoms with Gasteiger partial charge in [0.25, 0.3) is 0 Å². The molecular formula is C54H39NO. The molecular weight excluding hydrogens is 679 g/mol. The summed E-state index contributed by atoms with van der Waals surface area (Å²) in [6.07, 6.45) is 0. The highest BCUT2D eigenvalue weighted by atomic mass is 16.3. The van der Waals surface area contributed by atoms with E-state index in [9.17, 15) is 5.11 Å². The van der Waals surface area contributed by atoms with Crippen LogP contribution in [-0.4, -0.2) is 5.11 Å². The topological polar surface area (TPSA) is 46.2 Å². The third kappa shape index (κ3) is 5.12. The molecule has 0 fully saturated rings. The minimum atomic E-state index is -1.64. The molecule has 2 heteroatoms. The van der Waals surface area contributed by atoms with Crippen molar-refractivity contribution in [2.75, 3.05) is 0 Å². The van der Waals surface area contributed by atoms with Crippen LogP contribution in [-0.2, 0) is 11.1 Å². The number of hydrogen-bond donors (Lipinski definition) is 2. The van der Waals surface area contributed by atoms with Crippen molar-refractivity contribution in [3.8, 4) is 44.5 Å². The van der Waals surface area contributed by atoms with Crippen molar-refractivity contribution in [1.82, 2.24) is 0 Å². The Labute approximate surface area is 327 Å². The van der Waals surface area contributed by atoms with Crippen molar-refractivity contribution in [1.29, 1.82) is 0 Å². The molecule has 2 unspecified atom stereocenters. The molecule has 2 atom stereocenters. The van der Waals surface area contributed by atoms with Crippen molar-refractivity contribution in [2.24, 2.45) is 5.73 Å². The highest BCUT2D eigenvalue weighted by Crippen LogP contribution is 2.60. The summed E-state index contributed by atoms with van der Waals surface area (Å²) < 4.78 is 0. The van der Waals surface area contributed by atoms with Crippen LogP contribution in [0.3, 0.4) is 0 Å². The SMILES string of the molecule is NC1(c2ccccc2)c2cc(-c3ccccc3)c(-c3ccccc3)cc2C(O)(c2ccccc2)c2c1c(-c1ccccc1)c1ccccc1c2-c1ccccc1. The first kappa shape index (κ1) is 33.7. The molecule has 0 amide bonds. The fraction of sp³-hybridized carbons (Fsp3) is 0.0370. The zero-order valence-corrected chi connectivity index (χ0v) is 30.8. The molecule has 0 saturated heterocycles. The van der Waals surface area contributed by atoms with Crippen molar-refractivity contribution in [3.05, 3.63) is 252 Å². The van der Waals surface area contributed by atoms with Crippen LogP contribution >= 0.6 is 0 Å². The third-order valence-electron chi connectivity index (χ3n) is 11.7. The van der Waals surface area contributed by atoms with Gasteiger partial charge in [-0.15, -0.1) is 0 Å². The van der Waals surface area contributed by atoms with E-state index >= 15 is 0 Å². The summed E-state index contributed by atoms with van der Waals surface area (Å²) in [6.45, 7) is 0. The maximum atomic E-state index is 14.5. The van der Waals surface area contributed by atoms with Gasteiger partial charge in [0.2, 0.25) is 0 Å². The van der Waals surface area contributed by atoms with Gasteiger partial charge in [-0.2, -0.15) is 0 Å². The first-order valence-corrected chi connectivity index (χ1v) is 19.2. The van der Waals surface area contributed by atoms with E-state index in [-0.39, 0.29) is 0 Å². The number of benzene rings is 9. The summed E-state index contributed by atoms with van der Waals surface area (Å²) in [5.74, 6) is 0. The zero-order valence-electron chi connectivity index (χ0n) is 30.8. The lowest BCUT2D eigenvalue weighted by Crippen LogP contribution is -2.50. The van der Waals surface area contributed by atoms with Gasteiger partial charge in [-0.1, -0.05) is 206 Å². The third-order valence-corrected chi connectivity index (χ3v) is 11.7. The van der Waals surface area contributed by atoms with Gasteiger partial charge in [-0.05, 0) is 95.2 Å². The van der Waals surface area contributed by atoms with Crippen LogP contribution in [0.4, 0.5) is 0 Å². The zero-order chi connectivity index (χ0) is 37.7. The summed E-state index contributed by atoms with van der Waals surface area (Å²) in [5, 5.41) is 16.6. The van der Waals surface area contributed by atoms with E-state index < -0.39 is 11.1 Å². The minimum Gasteiger partial charge on any atom is -0.376 e. The quantitative estimate of drug-likeness (QED) is 0.180. The van der Waals surface area contributed by atoms with Gasteiger partial charge in [-0.25, -0.2) is 0 Å². The maximum Gasteiger partial charge on any atom is 0.141 e. The Morgan fingerprint density at radius 1 is 0.339 bits per heavy atom. The smallest absolute Gasteiger partial charge is 0.141 e. The average molecular weight is 718 g/mol. The predicted molar refractivity (Wildman–Crippen MR) is 231 cm³/mol. The second-order valence-electron chi connectivity index (χ2n) is 14.7. The number of rotatable bonds is 6. The van der Waals surface area contributed by atoms with Gasteiger partial charge in [0.1, 0.15) is 5.60 Å².